The van der Waals surface area contributed by atoms with E-state index in [1.165, 1.54) is 7.11 Å². The number of rotatable bonds is 4. The second kappa shape index (κ2) is 7.03. The number of methoxy groups -OCH3 is 1. The summed E-state index contributed by atoms with van der Waals surface area (Å²) < 4.78 is 5.22. The Labute approximate surface area is 151 Å². The molecule has 0 atom stereocenters. The van der Waals surface area contributed by atoms with Gasteiger partial charge in [-0.15, -0.1) is 0 Å². The fourth-order valence-electron chi connectivity index (χ4n) is 2.86. The van der Waals surface area contributed by atoms with Gasteiger partial charge in [-0.25, -0.2) is 9.97 Å². The highest BCUT2D eigenvalue weighted by atomic mass is 35.5. The van der Waals surface area contributed by atoms with Crippen molar-refractivity contribution in [3.63, 3.8) is 0 Å². The molecule has 0 amide bonds. The molecule has 0 N–H and O–H groups in total. The Kier molecular flexibility index (Phi) is 4.81. The van der Waals surface area contributed by atoms with Gasteiger partial charge in [0.2, 0.25) is 5.88 Å². The number of aromatic nitrogens is 2. The molecular formula is C20H17ClN2O2. The average Bonchev–Trinajstić information content (AvgIpc) is 2.64. The van der Waals surface area contributed by atoms with Crippen molar-refractivity contribution in [3.05, 3.63) is 64.4 Å². The molecule has 0 spiro atoms. The quantitative estimate of drug-likeness (QED) is 0.495. The molecule has 126 valence electrons. The van der Waals surface area contributed by atoms with Gasteiger partial charge in [0.05, 0.1) is 18.4 Å². The van der Waals surface area contributed by atoms with Gasteiger partial charge >= 0.3 is 0 Å². The number of hydrogen-bond donors (Lipinski definition) is 0. The zero-order valence-corrected chi connectivity index (χ0v) is 15.0. The van der Waals surface area contributed by atoms with Crippen LogP contribution in [-0.2, 0) is 0 Å². The van der Waals surface area contributed by atoms with E-state index < -0.39 is 0 Å². The summed E-state index contributed by atoms with van der Waals surface area (Å²) in [4.78, 5) is 19.7. The molecule has 0 aliphatic carbocycles. The van der Waals surface area contributed by atoms with Crippen molar-refractivity contribution in [2.45, 2.75) is 13.8 Å². The van der Waals surface area contributed by atoms with Gasteiger partial charge in [-0.1, -0.05) is 29.8 Å². The lowest BCUT2D eigenvalue weighted by atomic mass is 9.93. The summed E-state index contributed by atoms with van der Waals surface area (Å²) in [5, 5.41) is 0.498. The topological polar surface area (TPSA) is 52.1 Å². The molecule has 4 nitrogen and oxygen atoms in total. The second-order valence-electron chi connectivity index (χ2n) is 5.67. The normalized spacial score (nSPS) is 10.6. The molecule has 0 bridgehead atoms. The fraction of sp³-hybridized carbons (Fsp3) is 0.150. The van der Waals surface area contributed by atoms with Crippen LogP contribution in [0.25, 0.3) is 22.4 Å². The molecule has 25 heavy (non-hydrogen) atoms. The Morgan fingerprint density at radius 3 is 2.44 bits per heavy atom. The van der Waals surface area contributed by atoms with Gasteiger partial charge in [-0.2, -0.15) is 0 Å². The highest BCUT2D eigenvalue weighted by Gasteiger charge is 2.14. The lowest BCUT2D eigenvalue weighted by molar-refractivity contribution is 0.112. The third-order valence-electron chi connectivity index (χ3n) is 4.25. The summed E-state index contributed by atoms with van der Waals surface area (Å²) in [5.74, 6) is 0.320. The summed E-state index contributed by atoms with van der Waals surface area (Å²) >= 11 is 6.17. The predicted octanol–water partition coefficient (Wildman–Crippen LogP) is 4.90. The van der Waals surface area contributed by atoms with Gasteiger partial charge in [-0.3, -0.25) is 4.79 Å². The smallest absolute Gasteiger partial charge is 0.224 e. The lowest BCUT2D eigenvalue weighted by Gasteiger charge is -2.14. The van der Waals surface area contributed by atoms with Crippen molar-refractivity contribution in [1.82, 2.24) is 9.97 Å². The largest absolute Gasteiger partial charge is 0.480 e. The molecule has 2 heterocycles. The number of hydrogen-bond acceptors (Lipinski definition) is 4. The Morgan fingerprint density at radius 2 is 1.72 bits per heavy atom. The second-order valence-corrected chi connectivity index (χ2v) is 6.02. The van der Waals surface area contributed by atoms with E-state index in [0.717, 1.165) is 39.8 Å². The number of aldehydes is 1. The molecule has 0 unspecified atom stereocenters. The lowest BCUT2D eigenvalue weighted by Crippen LogP contribution is -1.97. The van der Waals surface area contributed by atoms with Crippen LogP contribution >= 0.6 is 11.6 Å². The molecule has 3 rings (SSSR count). The van der Waals surface area contributed by atoms with Crippen LogP contribution in [0.2, 0.25) is 5.15 Å². The van der Waals surface area contributed by atoms with E-state index in [4.69, 9.17) is 16.3 Å². The first kappa shape index (κ1) is 17.1. The minimum Gasteiger partial charge on any atom is -0.480 e. The van der Waals surface area contributed by atoms with E-state index in [-0.39, 0.29) is 0 Å². The fourth-order valence-corrected chi connectivity index (χ4v) is 3.02. The van der Waals surface area contributed by atoms with E-state index in [9.17, 15) is 4.79 Å². The number of ether oxygens (including phenoxy) is 1. The third-order valence-corrected chi connectivity index (χ3v) is 4.63. The first-order valence-corrected chi connectivity index (χ1v) is 8.16. The number of halogens is 1. The summed E-state index contributed by atoms with van der Waals surface area (Å²) in [6.45, 7) is 4.00. The minimum atomic E-state index is 0.320. The van der Waals surface area contributed by atoms with Crippen molar-refractivity contribution in [2.75, 3.05) is 7.11 Å². The van der Waals surface area contributed by atoms with Gasteiger partial charge < -0.3 is 4.74 Å². The van der Waals surface area contributed by atoms with Gasteiger partial charge in [0.15, 0.2) is 6.29 Å². The summed E-state index contributed by atoms with van der Waals surface area (Å²) in [6.07, 6.45) is 2.44. The van der Waals surface area contributed by atoms with Crippen LogP contribution in [0.3, 0.4) is 0 Å². The molecule has 0 saturated carbocycles. The van der Waals surface area contributed by atoms with Crippen LogP contribution in [0.1, 0.15) is 21.5 Å². The molecule has 1 aromatic carbocycles. The zero-order chi connectivity index (χ0) is 18.0. The number of benzene rings is 1. The van der Waals surface area contributed by atoms with Crippen molar-refractivity contribution in [2.24, 2.45) is 0 Å². The van der Waals surface area contributed by atoms with E-state index >= 15 is 0 Å². The van der Waals surface area contributed by atoms with Gasteiger partial charge in [0, 0.05) is 11.8 Å². The monoisotopic (exact) mass is 352 g/mol. The molecule has 2 aromatic heterocycles. The highest BCUT2D eigenvalue weighted by Crippen LogP contribution is 2.34. The van der Waals surface area contributed by atoms with E-state index in [2.05, 4.69) is 16.0 Å². The van der Waals surface area contributed by atoms with Gasteiger partial charge in [0.25, 0.3) is 0 Å². The van der Waals surface area contributed by atoms with Crippen LogP contribution in [0, 0.1) is 13.8 Å². The van der Waals surface area contributed by atoms with Crippen LogP contribution in [0.4, 0.5) is 0 Å². The van der Waals surface area contributed by atoms with Gasteiger partial charge in [-0.05, 0) is 54.3 Å². The maximum atomic E-state index is 11.1. The van der Waals surface area contributed by atoms with E-state index in [1.807, 2.05) is 38.1 Å². The van der Waals surface area contributed by atoms with E-state index in [1.54, 1.807) is 12.3 Å². The predicted molar refractivity (Wildman–Crippen MR) is 99.3 cm³/mol. The maximum absolute atomic E-state index is 11.1. The molecule has 0 saturated heterocycles. The summed E-state index contributed by atoms with van der Waals surface area (Å²) in [7, 11) is 1.50. The molecule has 0 aliphatic heterocycles. The van der Waals surface area contributed by atoms with Crippen LogP contribution in [0.5, 0.6) is 5.88 Å². The first-order valence-electron chi connectivity index (χ1n) is 7.78. The summed E-state index contributed by atoms with van der Waals surface area (Å²) in [6, 6.07) is 11.5. The first-order chi connectivity index (χ1) is 12.1. The van der Waals surface area contributed by atoms with Crippen LogP contribution < -0.4 is 4.74 Å². The summed E-state index contributed by atoms with van der Waals surface area (Å²) in [5.41, 5.74) is 6.26. The highest BCUT2D eigenvalue weighted by molar-refractivity contribution is 6.30. The number of carbonyl (C=O) groups excluding carboxylic acids is 1. The Balaban J connectivity index is 2.17. The molecule has 3 aromatic rings. The van der Waals surface area contributed by atoms with Gasteiger partial charge in [0.1, 0.15) is 5.15 Å². The molecule has 0 aliphatic rings. The zero-order valence-electron chi connectivity index (χ0n) is 14.2. The van der Waals surface area contributed by atoms with Crippen LogP contribution in [-0.4, -0.2) is 23.4 Å². The third kappa shape index (κ3) is 3.13. The van der Waals surface area contributed by atoms with Crippen LogP contribution in [0.15, 0.2) is 42.6 Å². The molecule has 5 heteroatoms. The number of nitrogens with zero attached hydrogens (tertiary/aromatic N) is 2. The maximum Gasteiger partial charge on any atom is 0.224 e. The SMILES string of the molecule is COc1nc(-c2cccc(-c3ccnc(Cl)c3C)c2C)ccc1C=O. The minimum absolute atomic E-state index is 0.320. The van der Waals surface area contributed by atoms with E-state index in [0.29, 0.717) is 16.6 Å². The Morgan fingerprint density at radius 1 is 1.00 bits per heavy atom. The molecular weight excluding hydrogens is 336 g/mol. The Bertz CT molecular complexity index is 954. The number of pyridine rings is 2. The van der Waals surface area contributed by atoms with Crippen molar-refractivity contribution in [3.8, 4) is 28.3 Å². The van der Waals surface area contributed by atoms with Crippen molar-refractivity contribution >= 4 is 17.9 Å². The molecule has 0 radical (unpaired) electrons. The standard InChI is InChI=1S/C20H17ClN2O2/c1-12-15(16-9-10-22-19(21)13(16)2)5-4-6-17(12)18-8-7-14(11-24)20(23-18)25-3/h4-11H,1-3H3. The van der Waals surface area contributed by atoms with Crippen molar-refractivity contribution < 1.29 is 9.53 Å². The Hall–Kier alpha value is -2.72. The number of carbonyl (C=O) groups is 1. The average molecular weight is 353 g/mol. The molecule has 0 fully saturated rings. The van der Waals surface area contributed by atoms with Crippen molar-refractivity contribution in [1.29, 1.82) is 0 Å².